The summed E-state index contributed by atoms with van der Waals surface area (Å²) >= 11 is 8.48. The van der Waals surface area contributed by atoms with E-state index in [4.69, 9.17) is 0 Å². The number of rotatable bonds is 5. The van der Waals surface area contributed by atoms with Crippen LogP contribution in [-0.2, 0) is 6.54 Å². The monoisotopic (exact) mass is 401 g/mol. The van der Waals surface area contributed by atoms with E-state index in [0.717, 1.165) is 20.4 Å². The average Bonchev–Trinajstić information content (AvgIpc) is 2.75. The van der Waals surface area contributed by atoms with Gasteiger partial charge in [0.25, 0.3) is 0 Å². The van der Waals surface area contributed by atoms with Crippen LogP contribution in [0.5, 0.6) is 0 Å². The molecule has 0 unspecified atom stereocenters. The van der Waals surface area contributed by atoms with E-state index in [1.165, 1.54) is 5.56 Å². The Balaban J connectivity index is 1.93. The fraction of sp³-hybridized carbons (Fsp3) is 0.214. The smallest absolute Gasteiger partial charge is 0.176 e. The van der Waals surface area contributed by atoms with Crippen molar-refractivity contribution in [1.29, 1.82) is 0 Å². The van der Waals surface area contributed by atoms with E-state index < -0.39 is 0 Å². The molecule has 0 fully saturated rings. The molecule has 0 bridgehead atoms. The van der Waals surface area contributed by atoms with Crippen LogP contribution in [-0.4, -0.2) is 24.3 Å². The molecule has 0 aliphatic heterocycles. The van der Waals surface area contributed by atoms with Crippen molar-refractivity contribution in [2.24, 2.45) is 0 Å². The molecule has 19 heavy (non-hydrogen) atoms. The first-order valence-electron chi connectivity index (χ1n) is 5.75. The molecule has 0 amide bonds. The van der Waals surface area contributed by atoms with Gasteiger partial charge in [-0.15, -0.1) is 11.3 Å². The summed E-state index contributed by atoms with van der Waals surface area (Å²) in [6.45, 7) is 1.21. The third kappa shape index (κ3) is 4.53. The van der Waals surface area contributed by atoms with Gasteiger partial charge in [-0.2, -0.15) is 0 Å². The molecule has 0 saturated heterocycles. The zero-order chi connectivity index (χ0) is 13.8. The van der Waals surface area contributed by atoms with Crippen LogP contribution < -0.4 is 0 Å². The lowest BCUT2D eigenvalue weighted by Gasteiger charge is -2.14. The van der Waals surface area contributed by atoms with Crippen molar-refractivity contribution in [1.82, 2.24) is 4.90 Å². The number of halogens is 2. The zero-order valence-electron chi connectivity index (χ0n) is 10.4. The van der Waals surface area contributed by atoms with Crippen LogP contribution >= 0.6 is 43.2 Å². The molecule has 0 N–H and O–H groups in total. The number of ketones is 1. The highest BCUT2D eigenvalue weighted by molar-refractivity contribution is 9.11. The first-order valence-corrected chi connectivity index (χ1v) is 8.21. The van der Waals surface area contributed by atoms with Crippen molar-refractivity contribution in [2.45, 2.75) is 6.54 Å². The Bertz CT molecular complexity index is 565. The number of carbonyl (C=O) groups excluding carboxylic acids is 1. The fourth-order valence-electron chi connectivity index (χ4n) is 1.77. The van der Waals surface area contributed by atoms with Crippen molar-refractivity contribution in [3.05, 3.63) is 55.1 Å². The van der Waals surface area contributed by atoms with Gasteiger partial charge in [0.2, 0.25) is 0 Å². The van der Waals surface area contributed by atoms with Crippen LogP contribution in [0.1, 0.15) is 15.9 Å². The minimum Gasteiger partial charge on any atom is -0.295 e. The fourth-order valence-corrected chi connectivity index (χ4v) is 3.23. The molecule has 0 spiro atoms. The second-order valence-corrected chi connectivity index (χ2v) is 7.57. The first-order chi connectivity index (χ1) is 9.04. The van der Waals surface area contributed by atoms with Gasteiger partial charge in [0.05, 0.1) is 10.3 Å². The number of benzene rings is 1. The van der Waals surface area contributed by atoms with E-state index in [2.05, 4.69) is 43.3 Å². The van der Waals surface area contributed by atoms with Crippen LogP contribution in [0.4, 0.5) is 0 Å². The molecule has 1 aromatic carbocycles. The number of nitrogens with zero attached hydrogens (tertiary/aromatic N) is 1. The molecule has 100 valence electrons. The van der Waals surface area contributed by atoms with Gasteiger partial charge in [-0.1, -0.05) is 28.1 Å². The SMILES string of the molecule is CN(CC(=O)c1ccc(Br)cc1)Cc1csc(Br)c1. The molecule has 1 aromatic heterocycles. The molecule has 5 heteroatoms. The molecule has 2 nitrogen and oxygen atoms in total. The second-order valence-electron chi connectivity index (χ2n) is 4.36. The minimum absolute atomic E-state index is 0.143. The van der Waals surface area contributed by atoms with Crippen LogP contribution in [0, 0.1) is 0 Å². The summed E-state index contributed by atoms with van der Waals surface area (Å²) in [7, 11) is 1.96. The summed E-state index contributed by atoms with van der Waals surface area (Å²) in [5, 5.41) is 2.10. The Morgan fingerprint density at radius 2 is 1.95 bits per heavy atom. The van der Waals surface area contributed by atoms with Crippen LogP contribution in [0.15, 0.2) is 44.0 Å². The quantitative estimate of drug-likeness (QED) is 0.681. The van der Waals surface area contributed by atoms with Gasteiger partial charge >= 0.3 is 0 Å². The zero-order valence-corrected chi connectivity index (χ0v) is 14.4. The Morgan fingerprint density at radius 3 is 2.53 bits per heavy atom. The Kier molecular flexibility index (Phi) is 5.33. The maximum atomic E-state index is 12.1. The van der Waals surface area contributed by atoms with Crippen LogP contribution in [0.3, 0.4) is 0 Å². The molecule has 0 atom stereocenters. The third-order valence-electron chi connectivity index (χ3n) is 2.65. The van der Waals surface area contributed by atoms with E-state index >= 15 is 0 Å². The molecule has 0 radical (unpaired) electrons. The lowest BCUT2D eigenvalue weighted by molar-refractivity contribution is 0.0943. The Labute approximate surface area is 133 Å². The van der Waals surface area contributed by atoms with Crippen molar-refractivity contribution >= 4 is 49.0 Å². The van der Waals surface area contributed by atoms with Gasteiger partial charge < -0.3 is 0 Å². The summed E-state index contributed by atoms with van der Waals surface area (Å²) in [6, 6.07) is 9.57. The summed E-state index contributed by atoms with van der Waals surface area (Å²) in [6.07, 6.45) is 0. The summed E-state index contributed by atoms with van der Waals surface area (Å²) in [5.74, 6) is 0.143. The second kappa shape index (κ2) is 6.79. The number of carbonyl (C=O) groups is 1. The number of likely N-dealkylation sites (N-methyl/N-ethyl adjacent to an activating group) is 1. The molecular weight excluding hydrogens is 390 g/mol. The van der Waals surface area contributed by atoms with Crippen molar-refractivity contribution in [3.8, 4) is 0 Å². The van der Waals surface area contributed by atoms with E-state index in [9.17, 15) is 4.79 Å². The summed E-state index contributed by atoms with van der Waals surface area (Å²) in [4.78, 5) is 14.1. The molecule has 2 aromatic rings. The van der Waals surface area contributed by atoms with E-state index in [0.29, 0.717) is 6.54 Å². The van der Waals surface area contributed by atoms with Crippen molar-refractivity contribution in [2.75, 3.05) is 13.6 Å². The van der Waals surface area contributed by atoms with Gasteiger partial charge in [-0.3, -0.25) is 9.69 Å². The normalized spacial score (nSPS) is 10.9. The number of thiophene rings is 1. The third-order valence-corrected chi connectivity index (χ3v) is 4.74. The van der Waals surface area contributed by atoms with E-state index in [-0.39, 0.29) is 5.78 Å². The van der Waals surface area contributed by atoms with Crippen LogP contribution in [0.25, 0.3) is 0 Å². The largest absolute Gasteiger partial charge is 0.295 e. The lowest BCUT2D eigenvalue weighted by Crippen LogP contribution is -2.25. The number of hydrogen-bond acceptors (Lipinski definition) is 3. The standard InChI is InChI=1S/C14H13Br2NOS/c1-17(7-10-6-14(16)19-9-10)8-13(18)11-2-4-12(15)5-3-11/h2-6,9H,7-8H2,1H3. The predicted octanol–water partition coefficient (Wildman–Crippen LogP) is 4.59. The number of Topliss-reactive ketones (excluding diaryl/α,β-unsaturated/α-hetero) is 1. The average molecular weight is 403 g/mol. The first kappa shape index (κ1) is 14.9. The van der Waals surface area contributed by atoms with Crippen molar-refractivity contribution < 1.29 is 4.79 Å². The highest BCUT2D eigenvalue weighted by Crippen LogP contribution is 2.21. The van der Waals surface area contributed by atoms with Crippen molar-refractivity contribution in [3.63, 3.8) is 0 Å². The van der Waals surface area contributed by atoms with Gasteiger partial charge in [0, 0.05) is 16.6 Å². The Morgan fingerprint density at radius 1 is 1.26 bits per heavy atom. The molecule has 0 aliphatic rings. The van der Waals surface area contributed by atoms with Crippen LogP contribution in [0.2, 0.25) is 0 Å². The maximum absolute atomic E-state index is 12.1. The lowest BCUT2D eigenvalue weighted by atomic mass is 10.1. The Hall–Kier alpha value is -0.490. The van der Waals surface area contributed by atoms with E-state index in [1.54, 1.807) is 11.3 Å². The molecule has 2 rings (SSSR count). The molecule has 0 aliphatic carbocycles. The molecular formula is C14H13Br2NOS. The topological polar surface area (TPSA) is 20.3 Å². The van der Waals surface area contributed by atoms with Gasteiger partial charge in [0.1, 0.15) is 0 Å². The predicted molar refractivity (Wildman–Crippen MR) is 86.8 cm³/mol. The molecule has 1 heterocycles. The molecule has 0 saturated carbocycles. The summed E-state index contributed by atoms with van der Waals surface area (Å²) < 4.78 is 2.11. The summed E-state index contributed by atoms with van der Waals surface area (Å²) in [5.41, 5.74) is 1.98. The minimum atomic E-state index is 0.143. The van der Waals surface area contributed by atoms with Gasteiger partial charge in [-0.05, 0) is 52.1 Å². The number of hydrogen-bond donors (Lipinski definition) is 0. The van der Waals surface area contributed by atoms with Gasteiger partial charge in [-0.25, -0.2) is 0 Å². The van der Waals surface area contributed by atoms with E-state index in [1.807, 2.05) is 36.2 Å². The van der Waals surface area contributed by atoms with Gasteiger partial charge in [0.15, 0.2) is 5.78 Å². The maximum Gasteiger partial charge on any atom is 0.176 e. The highest BCUT2D eigenvalue weighted by Gasteiger charge is 2.10. The highest BCUT2D eigenvalue weighted by atomic mass is 79.9.